The van der Waals surface area contributed by atoms with E-state index in [1.165, 1.54) is 0 Å². The minimum atomic E-state index is -0.394. The van der Waals surface area contributed by atoms with Crippen LogP contribution >= 0.6 is 11.6 Å². The van der Waals surface area contributed by atoms with Crippen LogP contribution in [0.3, 0.4) is 0 Å². The maximum absolute atomic E-state index is 12.8. The van der Waals surface area contributed by atoms with Crippen LogP contribution in [0.15, 0.2) is 36.5 Å². The number of carbonyl (C=O) groups excluding carboxylic acids is 2. The number of halogens is 1. The van der Waals surface area contributed by atoms with Gasteiger partial charge in [0.1, 0.15) is 0 Å². The second-order valence-corrected chi connectivity index (χ2v) is 7.50. The van der Waals surface area contributed by atoms with Crippen molar-refractivity contribution in [1.29, 1.82) is 0 Å². The van der Waals surface area contributed by atoms with Crippen LogP contribution in [0.4, 0.5) is 11.4 Å². The van der Waals surface area contributed by atoms with Crippen LogP contribution < -0.4 is 10.6 Å². The predicted molar refractivity (Wildman–Crippen MR) is 117 cm³/mol. The molecule has 0 saturated heterocycles. The molecule has 2 heterocycles. The first-order valence-electron chi connectivity index (χ1n) is 9.74. The zero-order valence-electron chi connectivity index (χ0n) is 17.4. The molecule has 0 aliphatic carbocycles. The maximum Gasteiger partial charge on any atom is 0.278 e. The number of anilines is 2. The summed E-state index contributed by atoms with van der Waals surface area (Å²) >= 11 is 6.19. The zero-order chi connectivity index (χ0) is 21.8. The number of aryl methyl sites for hydroxylation is 2. The van der Waals surface area contributed by atoms with Gasteiger partial charge >= 0.3 is 0 Å². The Balaban J connectivity index is 1.74. The van der Waals surface area contributed by atoms with E-state index >= 15 is 0 Å². The van der Waals surface area contributed by atoms with Gasteiger partial charge in [0.15, 0.2) is 5.69 Å². The van der Waals surface area contributed by atoms with E-state index in [1.807, 2.05) is 39.0 Å². The first-order valence-corrected chi connectivity index (χ1v) is 10.1. The van der Waals surface area contributed by atoms with E-state index in [0.29, 0.717) is 29.5 Å². The van der Waals surface area contributed by atoms with E-state index in [0.717, 1.165) is 11.4 Å². The quantitative estimate of drug-likeness (QED) is 0.596. The van der Waals surface area contributed by atoms with Crippen molar-refractivity contribution in [3.8, 4) is 0 Å². The highest BCUT2D eigenvalue weighted by Crippen LogP contribution is 2.21. The van der Waals surface area contributed by atoms with Gasteiger partial charge in [0.2, 0.25) is 5.91 Å². The molecule has 2 N–H and O–H groups in total. The monoisotopic (exact) mass is 428 g/mol. The Labute approximate surface area is 180 Å². The summed E-state index contributed by atoms with van der Waals surface area (Å²) in [6.45, 7) is 8.35. The molecule has 0 aliphatic rings. The van der Waals surface area contributed by atoms with Gasteiger partial charge in [-0.1, -0.05) is 36.7 Å². The average Bonchev–Trinajstić information content (AvgIpc) is 3.25. The summed E-state index contributed by atoms with van der Waals surface area (Å²) in [5.74, 6) is -1.01. The van der Waals surface area contributed by atoms with Gasteiger partial charge in [-0.15, -0.1) is 0 Å². The van der Waals surface area contributed by atoms with Gasteiger partial charge in [-0.25, -0.2) is 0 Å². The molecule has 8 nitrogen and oxygen atoms in total. The summed E-state index contributed by atoms with van der Waals surface area (Å²) in [6.07, 6.45) is 1.66. The fraction of sp³-hybridized carbons (Fsp3) is 0.333. The number of nitrogens with zero attached hydrogens (tertiary/aromatic N) is 4. The topological polar surface area (TPSA) is 93.8 Å². The summed E-state index contributed by atoms with van der Waals surface area (Å²) in [4.78, 5) is 25.5. The van der Waals surface area contributed by atoms with Crippen molar-refractivity contribution in [2.24, 2.45) is 5.92 Å². The van der Waals surface area contributed by atoms with Crippen molar-refractivity contribution in [2.75, 3.05) is 10.6 Å². The number of rotatable bonds is 7. The number of para-hydroxylation sites is 1. The van der Waals surface area contributed by atoms with Gasteiger partial charge in [0.05, 0.1) is 34.6 Å². The smallest absolute Gasteiger partial charge is 0.278 e. The molecule has 0 saturated carbocycles. The largest absolute Gasteiger partial charge is 0.322 e. The van der Waals surface area contributed by atoms with Crippen LogP contribution in [0, 0.1) is 19.8 Å². The van der Waals surface area contributed by atoms with E-state index < -0.39 is 5.92 Å². The highest BCUT2D eigenvalue weighted by Gasteiger charge is 2.22. The maximum atomic E-state index is 12.8. The van der Waals surface area contributed by atoms with Gasteiger partial charge in [0, 0.05) is 18.4 Å². The molecule has 1 aromatic carbocycles. The Bertz CT molecular complexity index is 1060. The highest BCUT2D eigenvalue weighted by molar-refractivity contribution is 6.31. The zero-order valence-corrected chi connectivity index (χ0v) is 18.2. The van der Waals surface area contributed by atoms with E-state index in [2.05, 4.69) is 20.8 Å². The molecule has 0 aliphatic heterocycles. The molecule has 2 aromatic heterocycles. The molecule has 158 valence electrons. The molecule has 1 unspecified atom stereocenters. The number of aromatic nitrogens is 4. The third-order valence-electron chi connectivity index (χ3n) is 4.78. The second kappa shape index (κ2) is 9.13. The average molecular weight is 429 g/mol. The number of nitrogens with one attached hydrogen (secondary N) is 2. The lowest BCUT2D eigenvalue weighted by atomic mass is 10.1. The van der Waals surface area contributed by atoms with Crippen molar-refractivity contribution in [1.82, 2.24) is 19.6 Å². The van der Waals surface area contributed by atoms with Crippen molar-refractivity contribution in [3.05, 3.63) is 58.6 Å². The molecular formula is C21H25ClN6O2. The summed E-state index contributed by atoms with van der Waals surface area (Å²) < 4.78 is 3.33. The summed E-state index contributed by atoms with van der Waals surface area (Å²) in [5, 5.41) is 14.9. The normalized spacial score (nSPS) is 11.9. The van der Waals surface area contributed by atoms with Crippen LogP contribution in [0.1, 0.15) is 35.7 Å². The molecule has 0 fully saturated rings. The van der Waals surface area contributed by atoms with Crippen LogP contribution in [-0.2, 0) is 17.9 Å². The lowest BCUT2D eigenvalue weighted by molar-refractivity contribution is -0.119. The van der Waals surface area contributed by atoms with Crippen LogP contribution in [-0.4, -0.2) is 31.4 Å². The van der Waals surface area contributed by atoms with Gasteiger partial charge in [-0.2, -0.15) is 10.2 Å². The minimum Gasteiger partial charge on any atom is -0.322 e. The van der Waals surface area contributed by atoms with Gasteiger partial charge in [-0.05, 0) is 32.9 Å². The lowest BCUT2D eigenvalue weighted by Crippen LogP contribution is -2.26. The van der Waals surface area contributed by atoms with Gasteiger partial charge in [-0.3, -0.25) is 19.0 Å². The summed E-state index contributed by atoms with van der Waals surface area (Å²) in [7, 11) is 0. The Morgan fingerprint density at radius 3 is 2.43 bits per heavy atom. The Morgan fingerprint density at radius 2 is 1.83 bits per heavy atom. The molecule has 9 heteroatoms. The molecule has 0 bridgehead atoms. The fourth-order valence-corrected chi connectivity index (χ4v) is 3.14. The third-order valence-corrected chi connectivity index (χ3v) is 5.32. The highest BCUT2D eigenvalue weighted by atomic mass is 35.5. The van der Waals surface area contributed by atoms with Gasteiger partial charge < -0.3 is 10.6 Å². The standard InChI is InChI=1S/C21H25ClN6O2/c1-5-27-12-17(19(26-27)21(30)23-16-9-7-6-8-10-16)24-20(29)13(2)11-28-15(4)18(22)14(3)25-28/h6-10,12-13H,5,11H2,1-4H3,(H,23,30)(H,24,29). The molecule has 3 rings (SSSR count). The molecule has 0 spiro atoms. The second-order valence-electron chi connectivity index (χ2n) is 7.12. The van der Waals surface area contributed by atoms with Crippen LogP contribution in [0.2, 0.25) is 5.02 Å². The van der Waals surface area contributed by atoms with Crippen molar-refractivity contribution in [2.45, 2.75) is 40.8 Å². The summed E-state index contributed by atoms with van der Waals surface area (Å²) in [5.41, 5.74) is 2.73. The van der Waals surface area contributed by atoms with Crippen LogP contribution in [0.5, 0.6) is 0 Å². The number of carbonyl (C=O) groups is 2. The van der Waals surface area contributed by atoms with Crippen molar-refractivity contribution < 1.29 is 9.59 Å². The Morgan fingerprint density at radius 1 is 1.13 bits per heavy atom. The molecule has 0 radical (unpaired) electrons. The fourth-order valence-electron chi connectivity index (χ4n) is 3.01. The third kappa shape index (κ3) is 4.71. The minimum absolute atomic E-state index is 0.162. The van der Waals surface area contributed by atoms with Crippen molar-refractivity contribution >= 4 is 34.8 Å². The molecule has 3 aromatic rings. The van der Waals surface area contributed by atoms with Crippen LogP contribution in [0.25, 0.3) is 0 Å². The predicted octanol–water partition coefficient (Wildman–Crippen LogP) is 3.90. The van der Waals surface area contributed by atoms with Gasteiger partial charge in [0.25, 0.3) is 5.91 Å². The van der Waals surface area contributed by atoms with E-state index in [9.17, 15) is 9.59 Å². The van der Waals surface area contributed by atoms with E-state index in [4.69, 9.17) is 11.6 Å². The number of benzene rings is 1. The molecule has 1 atom stereocenters. The molecule has 30 heavy (non-hydrogen) atoms. The number of amides is 2. The van der Waals surface area contributed by atoms with E-state index in [1.54, 1.807) is 34.6 Å². The Kier molecular flexibility index (Phi) is 6.56. The summed E-state index contributed by atoms with van der Waals surface area (Å²) in [6, 6.07) is 9.10. The Hall–Kier alpha value is -3.13. The van der Waals surface area contributed by atoms with E-state index in [-0.39, 0.29) is 17.5 Å². The molecular weight excluding hydrogens is 404 g/mol. The first-order chi connectivity index (χ1) is 14.3. The lowest BCUT2D eigenvalue weighted by Gasteiger charge is -2.13. The first kappa shape index (κ1) is 21.6. The SMILES string of the molecule is CCn1cc(NC(=O)C(C)Cn2nc(C)c(Cl)c2C)c(C(=O)Nc2ccccc2)n1. The van der Waals surface area contributed by atoms with Crippen molar-refractivity contribution in [3.63, 3.8) is 0 Å². The molecule has 2 amide bonds. The number of hydrogen-bond acceptors (Lipinski definition) is 4. The number of hydrogen-bond donors (Lipinski definition) is 2.